The van der Waals surface area contributed by atoms with Gasteiger partial charge in [-0.2, -0.15) is 0 Å². The lowest BCUT2D eigenvalue weighted by Crippen LogP contribution is -2.25. The third-order valence-electron chi connectivity index (χ3n) is 4.59. The molecular formula is C20H20ClN3O3. The van der Waals surface area contributed by atoms with Crippen LogP contribution in [0.1, 0.15) is 34.7 Å². The molecule has 0 aliphatic rings. The third kappa shape index (κ3) is 4.18. The number of carbonyl (C=O) groups is 1. The van der Waals surface area contributed by atoms with Gasteiger partial charge in [0, 0.05) is 11.1 Å². The molecule has 0 spiro atoms. The topological polar surface area (TPSA) is 75.3 Å². The predicted molar refractivity (Wildman–Crippen MR) is 105 cm³/mol. The van der Waals surface area contributed by atoms with Crippen LogP contribution in [-0.4, -0.2) is 35.0 Å². The maximum Gasteiger partial charge on any atom is 0.337 e. The van der Waals surface area contributed by atoms with Gasteiger partial charge in [0.05, 0.1) is 30.1 Å². The fourth-order valence-corrected chi connectivity index (χ4v) is 3.00. The van der Waals surface area contributed by atoms with Crippen LogP contribution in [0.15, 0.2) is 47.3 Å². The van der Waals surface area contributed by atoms with E-state index in [2.05, 4.69) is 21.8 Å². The highest BCUT2D eigenvalue weighted by Crippen LogP contribution is 2.22. The second kappa shape index (κ2) is 7.90. The van der Waals surface area contributed by atoms with E-state index in [1.54, 1.807) is 18.2 Å². The Morgan fingerprint density at radius 1 is 1.26 bits per heavy atom. The molecule has 0 saturated carbocycles. The van der Waals surface area contributed by atoms with Crippen LogP contribution >= 0.6 is 11.6 Å². The summed E-state index contributed by atoms with van der Waals surface area (Å²) >= 11 is 5.95. The highest BCUT2D eigenvalue weighted by molar-refractivity contribution is 6.30. The van der Waals surface area contributed by atoms with Crippen molar-refractivity contribution in [3.63, 3.8) is 0 Å². The number of halogens is 1. The number of methoxy groups -OCH3 is 1. The van der Waals surface area contributed by atoms with Crippen LogP contribution in [0.3, 0.4) is 0 Å². The summed E-state index contributed by atoms with van der Waals surface area (Å²) in [5.41, 5.74) is 1.69. The van der Waals surface area contributed by atoms with Crippen LogP contribution in [0, 0.1) is 0 Å². The van der Waals surface area contributed by atoms with E-state index in [4.69, 9.17) is 16.3 Å². The molecule has 1 atom stereocenters. The Morgan fingerprint density at radius 2 is 1.96 bits per heavy atom. The molecule has 0 bridgehead atoms. The van der Waals surface area contributed by atoms with Crippen molar-refractivity contribution in [1.82, 2.24) is 14.9 Å². The second-order valence-corrected chi connectivity index (χ2v) is 6.82. The lowest BCUT2D eigenvalue weighted by Gasteiger charge is -2.24. The van der Waals surface area contributed by atoms with E-state index in [-0.39, 0.29) is 11.6 Å². The molecule has 1 aromatic heterocycles. The van der Waals surface area contributed by atoms with Crippen molar-refractivity contribution >= 4 is 28.5 Å². The van der Waals surface area contributed by atoms with Crippen molar-refractivity contribution in [3.8, 4) is 0 Å². The Bertz CT molecular complexity index is 1030. The fraction of sp³-hybridized carbons (Fsp3) is 0.250. The molecule has 0 amide bonds. The van der Waals surface area contributed by atoms with Crippen LogP contribution in [-0.2, 0) is 11.3 Å². The summed E-state index contributed by atoms with van der Waals surface area (Å²) in [5, 5.41) is 1.12. The molecule has 3 rings (SSSR count). The average molecular weight is 386 g/mol. The van der Waals surface area contributed by atoms with Crippen molar-refractivity contribution in [2.24, 2.45) is 0 Å². The normalized spacial score (nSPS) is 12.3. The van der Waals surface area contributed by atoms with Gasteiger partial charge in [-0.25, -0.2) is 9.78 Å². The SMILES string of the molecule is COC(=O)c1ccc2c(=O)[nH]c(CN(C)C(C)c3ccc(Cl)cc3)nc2c1. The van der Waals surface area contributed by atoms with Crippen molar-refractivity contribution in [2.45, 2.75) is 19.5 Å². The number of ether oxygens (including phenoxy) is 1. The van der Waals surface area contributed by atoms with E-state index in [9.17, 15) is 9.59 Å². The molecule has 0 aliphatic heterocycles. The number of H-pyrrole nitrogens is 1. The van der Waals surface area contributed by atoms with Gasteiger partial charge in [0.2, 0.25) is 0 Å². The highest BCUT2D eigenvalue weighted by atomic mass is 35.5. The van der Waals surface area contributed by atoms with E-state index in [0.29, 0.717) is 33.9 Å². The fourth-order valence-electron chi connectivity index (χ4n) is 2.88. The average Bonchev–Trinajstić information content (AvgIpc) is 2.66. The van der Waals surface area contributed by atoms with Gasteiger partial charge in [-0.05, 0) is 49.9 Å². The number of nitrogens with zero attached hydrogens (tertiary/aromatic N) is 2. The Hall–Kier alpha value is -2.70. The summed E-state index contributed by atoms with van der Waals surface area (Å²) in [5.74, 6) is 0.0619. The van der Waals surface area contributed by atoms with E-state index in [1.165, 1.54) is 7.11 Å². The Labute approximate surface area is 161 Å². The summed E-state index contributed by atoms with van der Waals surface area (Å²) in [6, 6.07) is 12.5. The first-order valence-electron chi connectivity index (χ1n) is 8.46. The zero-order valence-corrected chi connectivity index (χ0v) is 16.1. The number of aromatic nitrogens is 2. The molecule has 1 unspecified atom stereocenters. The van der Waals surface area contributed by atoms with Crippen LogP contribution in [0.2, 0.25) is 5.02 Å². The number of carbonyl (C=O) groups excluding carboxylic acids is 1. The molecule has 140 valence electrons. The Kier molecular flexibility index (Phi) is 5.58. The van der Waals surface area contributed by atoms with Crippen LogP contribution in [0.25, 0.3) is 10.9 Å². The van der Waals surface area contributed by atoms with Gasteiger partial charge in [0.1, 0.15) is 5.82 Å². The first-order valence-corrected chi connectivity index (χ1v) is 8.84. The largest absolute Gasteiger partial charge is 0.465 e. The minimum absolute atomic E-state index is 0.102. The van der Waals surface area contributed by atoms with Crippen LogP contribution < -0.4 is 5.56 Å². The lowest BCUT2D eigenvalue weighted by molar-refractivity contribution is 0.0601. The number of benzene rings is 2. The number of esters is 1. The molecule has 0 radical (unpaired) electrons. The lowest BCUT2D eigenvalue weighted by atomic mass is 10.1. The number of hydrogen-bond donors (Lipinski definition) is 1. The first kappa shape index (κ1) is 19.1. The molecule has 7 heteroatoms. The quantitative estimate of drug-likeness (QED) is 0.680. The Morgan fingerprint density at radius 3 is 2.63 bits per heavy atom. The van der Waals surface area contributed by atoms with Crippen molar-refractivity contribution < 1.29 is 9.53 Å². The van der Waals surface area contributed by atoms with Gasteiger partial charge >= 0.3 is 5.97 Å². The van der Waals surface area contributed by atoms with Crippen LogP contribution in [0.5, 0.6) is 0 Å². The minimum Gasteiger partial charge on any atom is -0.465 e. The van der Waals surface area contributed by atoms with Crippen molar-refractivity contribution in [3.05, 3.63) is 74.8 Å². The van der Waals surface area contributed by atoms with Crippen molar-refractivity contribution in [1.29, 1.82) is 0 Å². The van der Waals surface area contributed by atoms with Gasteiger partial charge in [-0.1, -0.05) is 23.7 Å². The molecule has 0 fully saturated rings. The van der Waals surface area contributed by atoms with Crippen molar-refractivity contribution in [2.75, 3.05) is 14.2 Å². The van der Waals surface area contributed by atoms with Gasteiger partial charge in [-0.15, -0.1) is 0 Å². The predicted octanol–water partition coefficient (Wildman–Crippen LogP) is 3.56. The summed E-state index contributed by atoms with van der Waals surface area (Å²) < 4.78 is 4.73. The standard InChI is InChI=1S/C20H20ClN3O3/c1-12(13-4-7-15(21)8-5-13)24(2)11-18-22-17-10-14(20(26)27-3)6-9-16(17)19(25)23-18/h4-10,12H,11H2,1-3H3,(H,22,23,25). The summed E-state index contributed by atoms with van der Waals surface area (Å²) in [4.78, 5) is 33.5. The molecule has 6 nitrogen and oxygen atoms in total. The zero-order chi connectivity index (χ0) is 19.6. The molecule has 1 N–H and O–H groups in total. The first-order chi connectivity index (χ1) is 12.9. The highest BCUT2D eigenvalue weighted by Gasteiger charge is 2.15. The van der Waals surface area contributed by atoms with Gasteiger partial charge in [0.25, 0.3) is 5.56 Å². The molecule has 27 heavy (non-hydrogen) atoms. The maximum absolute atomic E-state index is 12.4. The minimum atomic E-state index is -0.464. The van der Waals surface area contributed by atoms with Crippen LogP contribution in [0.4, 0.5) is 0 Å². The smallest absolute Gasteiger partial charge is 0.337 e. The number of nitrogens with one attached hydrogen (secondary N) is 1. The number of hydrogen-bond acceptors (Lipinski definition) is 5. The molecule has 0 saturated heterocycles. The molecule has 1 heterocycles. The van der Waals surface area contributed by atoms with E-state index in [0.717, 1.165) is 5.56 Å². The zero-order valence-electron chi connectivity index (χ0n) is 15.3. The van der Waals surface area contributed by atoms with Gasteiger partial charge < -0.3 is 9.72 Å². The van der Waals surface area contributed by atoms with Gasteiger partial charge in [-0.3, -0.25) is 9.69 Å². The summed E-state index contributed by atoms with van der Waals surface area (Å²) in [7, 11) is 3.27. The summed E-state index contributed by atoms with van der Waals surface area (Å²) in [6.45, 7) is 2.51. The third-order valence-corrected chi connectivity index (χ3v) is 4.84. The second-order valence-electron chi connectivity index (χ2n) is 6.38. The number of aromatic amines is 1. The van der Waals surface area contributed by atoms with E-state index in [1.807, 2.05) is 31.3 Å². The van der Waals surface area contributed by atoms with E-state index < -0.39 is 5.97 Å². The molecular weight excluding hydrogens is 366 g/mol. The van der Waals surface area contributed by atoms with E-state index >= 15 is 0 Å². The molecule has 3 aromatic rings. The monoisotopic (exact) mass is 385 g/mol. The molecule has 0 aliphatic carbocycles. The molecule has 2 aromatic carbocycles. The number of rotatable bonds is 5. The maximum atomic E-state index is 12.4. The number of fused-ring (bicyclic) bond motifs is 1. The summed E-state index contributed by atoms with van der Waals surface area (Å²) in [6.07, 6.45) is 0. The Balaban J connectivity index is 1.88. The van der Waals surface area contributed by atoms with Gasteiger partial charge in [0.15, 0.2) is 0 Å².